The van der Waals surface area contributed by atoms with Gasteiger partial charge in [0.15, 0.2) is 0 Å². The summed E-state index contributed by atoms with van der Waals surface area (Å²) < 4.78 is 37.9. The van der Waals surface area contributed by atoms with E-state index in [4.69, 9.17) is 5.84 Å². The first-order chi connectivity index (χ1) is 9.32. The van der Waals surface area contributed by atoms with Crippen molar-refractivity contribution in [2.24, 2.45) is 12.9 Å². The van der Waals surface area contributed by atoms with E-state index >= 15 is 0 Å². The second-order valence-electron chi connectivity index (χ2n) is 4.43. The summed E-state index contributed by atoms with van der Waals surface area (Å²) in [7, 11) is 1.65. The van der Waals surface area contributed by atoms with Crippen molar-refractivity contribution in [2.45, 2.75) is 19.1 Å². The van der Waals surface area contributed by atoms with Crippen LogP contribution in [-0.2, 0) is 13.2 Å². The number of nitrogens with one attached hydrogen (secondary N) is 1. The maximum Gasteiger partial charge on any atom is 0.416 e. The SMILES string of the molecule is Cc1cc(C(F)(F)F)ccc1C(NN)c1cnn(C)n1. The van der Waals surface area contributed by atoms with Gasteiger partial charge in [-0.05, 0) is 30.2 Å². The lowest BCUT2D eigenvalue weighted by atomic mass is 9.97. The van der Waals surface area contributed by atoms with E-state index in [1.807, 2.05) is 0 Å². The van der Waals surface area contributed by atoms with Gasteiger partial charge in [0.2, 0.25) is 0 Å². The zero-order chi connectivity index (χ0) is 14.9. The van der Waals surface area contributed by atoms with Crippen molar-refractivity contribution in [2.75, 3.05) is 0 Å². The predicted molar refractivity (Wildman–Crippen MR) is 66.4 cm³/mol. The number of hydrogen-bond donors (Lipinski definition) is 2. The first kappa shape index (κ1) is 14.5. The quantitative estimate of drug-likeness (QED) is 0.665. The third-order valence-electron chi connectivity index (χ3n) is 2.99. The molecule has 0 spiro atoms. The third-order valence-corrected chi connectivity index (χ3v) is 2.99. The topological polar surface area (TPSA) is 68.8 Å². The molecule has 1 aromatic heterocycles. The largest absolute Gasteiger partial charge is 0.416 e. The van der Waals surface area contributed by atoms with Gasteiger partial charge < -0.3 is 0 Å². The number of benzene rings is 1. The van der Waals surface area contributed by atoms with Gasteiger partial charge >= 0.3 is 6.18 Å². The Morgan fingerprint density at radius 1 is 1.35 bits per heavy atom. The first-order valence-corrected chi connectivity index (χ1v) is 5.83. The summed E-state index contributed by atoms with van der Waals surface area (Å²) in [5.41, 5.74) is 3.51. The Morgan fingerprint density at radius 3 is 2.50 bits per heavy atom. The fourth-order valence-electron chi connectivity index (χ4n) is 2.00. The predicted octanol–water partition coefficient (Wildman–Crippen LogP) is 1.70. The Bertz CT molecular complexity index is 605. The smallest absolute Gasteiger partial charge is 0.271 e. The van der Waals surface area contributed by atoms with Crippen molar-refractivity contribution in [3.05, 3.63) is 46.8 Å². The van der Waals surface area contributed by atoms with Crippen LogP contribution >= 0.6 is 0 Å². The molecule has 108 valence electrons. The summed E-state index contributed by atoms with van der Waals surface area (Å²) in [5.74, 6) is 5.49. The Morgan fingerprint density at radius 2 is 2.05 bits per heavy atom. The van der Waals surface area contributed by atoms with E-state index in [0.29, 0.717) is 16.8 Å². The monoisotopic (exact) mass is 285 g/mol. The van der Waals surface area contributed by atoms with Gasteiger partial charge in [-0.25, -0.2) is 5.43 Å². The molecule has 0 aliphatic carbocycles. The van der Waals surface area contributed by atoms with E-state index in [1.54, 1.807) is 14.0 Å². The molecular weight excluding hydrogens is 271 g/mol. The van der Waals surface area contributed by atoms with E-state index in [-0.39, 0.29) is 0 Å². The molecule has 0 bridgehead atoms. The summed E-state index contributed by atoms with van der Waals surface area (Å²) >= 11 is 0. The van der Waals surface area contributed by atoms with Gasteiger partial charge in [-0.3, -0.25) is 5.84 Å². The van der Waals surface area contributed by atoms with Crippen LogP contribution in [0.1, 0.15) is 28.4 Å². The van der Waals surface area contributed by atoms with Gasteiger partial charge in [0, 0.05) is 7.05 Å². The average Bonchev–Trinajstić information content (AvgIpc) is 2.77. The molecule has 1 heterocycles. The van der Waals surface area contributed by atoms with Crippen LogP contribution in [0, 0.1) is 6.92 Å². The van der Waals surface area contributed by atoms with Crippen molar-refractivity contribution in [1.29, 1.82) is 0 Å². The first-order valence-electron chi connectivity index (χ1n) is 5.83. The molecule has 20 heavy (non-hydrogen) atoms. The molecule has 8 heteroatoms. The zero-order valence-corrected chi connectivity index (χ0v) is 10.9. The molecule has 2 rings (SSSR count). The average molecular weight is 285 g/mol. The van der Waals surface area contributed by atoms with Crippen LogP contribution in [0.2, 0.25) is 0 Å². The number of aromatic nitrogens is 3. The zero-order valence-electron chi connectivity index (χ0n) is 10.9. The molecule has 1 atom stereocenters. The fourth-order valence-corrected chi connectivity index (χ4v) is 2.00. The van der Waals surface area contributed by atoms with Gasteiger partial charge in [0.1, 0.15) is 5.69 Å². The number of aryl methyl sites for hydroxylation is 2. The highest BCUT2D eigenvalue weighted by Crippen LogP contribution is 2.32. The van der Waals surface area contributed by atoms with Crippen molar-refractivity contribution in [1.82, 2.24) is 20.4 Å². The highest BCUT2D eigenvalue weighted by atomic mass is 19.4. The second kappa shape index (κ2) is 5.22. The summed E-state index contributed by atoms with van der Waals surface area (Å²) in [6.07, 6.45) is -2.84. The van der Waals surface area contributed by atoms with Crippen molar-refractivity contribution in [3.8, 4) is 0 Å². The minimum absolute atomic E-state index is 0.480. The molecule has 1 unspecified atom stereocenters. The Hall–Kier alpha value is -1.93. The molecule has 2 aromatic rings. The molecule has 0 fully saturated rings. The Kier molecular flexibility index (Phi) is 3.78. The molecule has 0 amide bonds. The number of hydrogen-bond acceptors (Lipinski definition) is 4. The van der Waals surface area contributed by atoms with Gasteiger partial charge in [-0.1, -0.05) is 6.07 Å². The highest BCUT2D eigenvalue weighted by Gasteiger charge is 2.31. The number of nitrogens with two attached hydrogens (primary N) is 1. The van der Waals surface area contributed by atoms with Crippen LogP contribution in [0.3, 0.4) is 0 Å². The molecule has 0 radical (unpaired) electrons. The Balaban J connectivity index is 2.41. The number of hydrazine groups is 1. The van der Waals surface area contributed by atoms with Gasteiger partial charge in [-0.2, -0.15) is 28.2 Å². The van der Waals surface area contributed by atoms with E-state index in [9.17, 15) is 13.2 Å². The molecule has 3 N–H and O–H groups in total. The second-order valence-corrected chi connectivity index (χ2v) is 4.43. The molecule has 0 saturated carbocycles. The van der Waals surface area contributed by atoms with E-state index in [1.165, 1.54) is 17.1 Å². The van der Waals surface area contributed by atoms with Gasteiger partial charge in [0.25, 0.3) is 0 Å². The number of halogens is 3. The lowest BCUT2D eigenvalue weighted by Crippen LogP contribution is -2.30. The van der Waals surface area contributed by atoms with Crippen LogP contribution in [-0.4, -0.2) is 15.0 Å². The number of nitrogens with zero attached hydrogens (tertiary/aromatic N) is 3. The minimum atomic E-state index is -4.36. The highest BCUT2D eigenvalue weighted by molar-refractivity contribution is 5.37. The number of rotatable bonds is 3. The molecular formula is C12H14F3N5. The standard InChI is InChI=1S/C12H14F3N5/c1-7-5-8(12(13,14)15)3-4-9(7)11(18-16)10-6-17-20(2)19-10/h3-6,11,18H,16H2,1-2H3. The molecule has 0 aliphatic heterocycles. The summed E-state index contributed by atoms with van der Waals surface area (Å²) in [5, 5.41) is 8.04. The van der Waals surface area contributed by atoms with Gasteiger partial charge in [-0.15, -0.1) is 0 Å². The van der Waals surface area contributed by atoms with Gasteiger partial charge in [0.05, 0.1) is 17.8 Å². The summed E-state index contributed by atoms with van der Waals surface area (Å²) in [6.45, 7) is 1.60. The van der Waals surface area contributed by atoms with E-state index in [2.05, 4.69) is 15.6 Å². The Labute approximate surface area is 113 Å². The molecule has 5 nitrogen and oxygen atoms in total. The molecule has 1 aromatic carbocycles. The van der Waals surface area contributed by atoms with Crippen molar-refractivity contribution < 1.29 is 13.2 Å². The van der Waals surface area contributed by atoms with Crippen LogP contribution < -0.4 is 11.3 Å². The molecule has 0 aliphatic rings. The fraction of sp³-hybridized carbons (Fsp3) is 0.333. The van der Waals surface area contributed by atoms with Crippen LogP contribution in [0.4, 0.5) is 13.2 Å². The lowest BCUT2D eigenvalue weighted by molar-refractivity contribution is -0.137. The maximum atomic E-state index is 12.6. The van der Waals surface area contributed by atoms with Crippen LogP contribution in [0.5, 0.6) is 0 Å². The normalized spacial score (nSPS) is 13.5. The van der Waals surface area contributed by atoms with E-state index in [0.717, 1.165) is 12.1 Å². The number of alkyl halides is 3. The lowest BCUT2D eigenvalue weighted by Gasteiger charge is -2.17. The van der Waals surface area contributed by atoms with Crippen LogP contribution in [0.15, 0.2) is 24.4 Å². The molecule has 0 saturated heterocycles. The van der Waals surface area contributed by atoms with Crippen LogP contribution in [0.25, 0.3) is 0 Å². The maximum absolute atomic E-state index is 12.6. The summed E-state index contributed by atoms with van der Waals surface area (Å²) in [6, 6.07) is 3.02. The van der Waals surface area contributed by atoms with E-state index < -0.39 is 17.8 Å². The summed E-state index contributed by atoms with van der Waals surface area (Å²) in [4.78, 5) is 1.36. The van der Waals surface area contributed by atoms with Crippen molar-refractivity contribution >= 4 is 0 Å². The van der Waals surface area contributed by atoms with Crippen molar-refractivity contribution in [3.63, 3.8) is 0 Å². The third kappa shape index (κ3) is 2.81. The minimum Gasteiger partial charge on any atom is -0.271 e.